The molecule has 0 N–H and O–H groups in total. The molecule has 0 aromatic carbocycles. The third-order valence-electron chi connectivity index (χ3n) is 3.00. The fraction of sp³-hybridized carbons (Fsp3) is 0.667. The van der Waals surface area contributed by atoms with Gasteiger partial charge >= 0.3 is 0 Å². The SMILES string of the molecule is O=C1CCC=CCCCCCCC=CCC1. The standard InChI is InChI=1S/C15H24O/c16-15-13-11-9-7-5-3-1-2-4-6-8-10-12-14-15/h7-10H,1-6,11-14H2. The molecule has 0 aliphatic heterocycles. The molecule has 0 aromatic heterocycles. The van der Waals surface area contributed by atoms with Crippen LogP contribution in [0.15, 0.2) is 24.3 Å². The zero-order chi connectivity index (χ0) is 11.5. The molecule has 0 unspecified atom stereocenters. The Kier molecular flexibility index (Phi) is 7.75. The third-order valence-corrected chi connectivity index (χ3v) is 3.00. The predicted molar refractivity (Wildman–Crippen MR) is 69.5 cm³/mol. The average molecular weight is 220 g/mol. The van der Waals surface area contributed by atoms with Crippen molar-refractivity contribution in [1.29, 1.82) is 0 Å². The average Bonchev–Trinajstić information content (AvgIpc) is 2.29. The molecular weight excluding hydrogens is 196 g/mol. The van der Waals surface area contributed by atoms with E-state index in [0.717, 1.165) is 25.7 Å². The van der Waals surface area contributed by atoms with E-state index in [1.165, 1.54) is 38.5 Å². The summed E-state index contributed by atoms with van der Waals surface area (Å²) in [7, 11) is 0. The van der Waals surface area contributed by atoms with Crippen LogP contribution in [0, 0.1) is 0 Å². The van der Waals surface area contributed by atoms with Crippen molar-refractivity contribution in [2.75, 3.05) is 0 Å². The van der Waals surface area contributed by atoms with Gasteiger partial charge in [-0.1, -0.05) is 37.1 Å². The van der Waals surface area contributed by atoms with E-state index < -0.39 is 0 Å². The number of Topliss-reactive ketones (excluding diaryl/α,β-unsaturated/α-hetero) is 1. The highest BCUT2D eigenvalue weighted by molar-refractivity contribution is 5.78. The van der Waals surface area contributed by atoms with Crippen LogP contribution in [0.1, 0.15) is 64.2 Å². The number of allylic oxidation sites excluding steroid dienone is 4. The molecule has 0 bridgehead atoms. The van der Waals surface area contributed by atoms with E-state index in [0.29, 0.717) is 5.78 Å². The maximum atomic E-state index is 11.5. The van der Waals surface area contributed by atoms with E-state index in [2.05, 4.69) is 24.3 Å². The molecule has 0 radical (unpaired) electrons. The van der Waals surface area contributed by atoms with Crippen LogP contribution < -0.4 is 0 Å². The van der Waals surface area contributed by atoms with Gasteiger partial charge in [-0.15, -0.1) is 0 Å². The molecule has 0 atom stereocenters. The zero-order valence-electron chi connectivity index (χ0n) is 10.3. The van der Waals surface area contributed by atoms with Gasteiger partial charge in [-0.3, -0.25) is 4.79 Å². The van der Waals surface area contributed by atoms with E-state index >= 15 is 0 Å². The number of carbonyl (C=O) groups excluding carboxylic acids is 1. The number of ketones is 1. The Labute approximate surface area is 99.6 Å². The summed E-state index contributed by atoms with van der Waals surface area (Å²) in [5, 5.41) is 0. The van der Waals surface area contributed by atoms with Crippen molar-refractivity contribution in [3.8, 4) is 0 Å². The van der Waals surface area contributed by atoms with Gasteiger partial charge in [-0.05, 0) is 38.5 Å². The maximum absolute atomic E-state index is 11.5. The van der Waals surface area contributed by atoms with Gasteiger partial charge < -0.3 is 0 Å². The molecular formula is C15H24O. The first kappa shape index (κ1) is 13.2. The van der Waals surface area contributed by atoms with Crippen LogP contribution in [-0.4, -0.2) is 5.78 Å². The first-order valence-electron chi connectivity index (χ1n) is 6.71. The minimum absolute atomic E-state index is 0.407. The number of rotatable bonds is 0. The summed E-state index contributed by atoms with van der Waals surface area (Å²) in [6, 6.07) is 0. The van der Waals surface area contributed by atoms with Crippen LogP contribution in [0.5, 0.6) is 0 Å². The van der Waals surface area contributed by atoms with Crippen molar-refractivity contribution in [1.82, 2.24) is 0 Å². The fourth-order valence-electron chi connectivity index (χ4n) is 1.96. The quantitative estimate of drug-likeness (QED) is 0.546. The molecule has 0 aromatic rings. The second-order valence-corrected chi connectivity index (χ2v) is 4.55. The first-order valence-corrected chi connectivity index (χ1v) is 6.71. The minimum Gasteiger partial charge on any atom is -0.300 e. The van der Waals surface area contributed by atoms with Gasteiger partial charge in [0.05, 0.1) is 0 Å². The molecule has 1 nitrogen and oxygen atoms in total. The van der Waals surface area contributed by atoms with E-state index in [1.807, 2.05) is 0 Å². The summed E-state index contributed by atoms with van der Waals surface area (Å²) in [4.78, 5) is 11.5. The van der Waals surface area contributed by atoms with Crippen LogP contribution in [0.25, 0.3) is 0 Å². The topological polar surface area (TPSA) is 17.1 Å². The van der Waals surface area contributed by atoms with Crippen LogP contribution in [0.4, 0.5) is 0 Å². The fourth-order valence-corrected chi connectivity index (χ4v) is 1.96. The Bertz CT molecular complexity index is 214. The largest absolute Gasteiger partial charge is 0.300 e. The third kappa shape index (κ3) is 7.44. The summed E-state index contributed by atoms with van der Waals surface area (Å²) in [5.41, 5.74) is 0. The smallest absolute Gasteiger partial charge is 0.133 e. The summed E-state index contributed by atoms with van der Waals surface area (Å²) in [6.45, 7) is 0. The highest BCUT2D eigenvalue weighted by Gasteiger charge is 1.98. The second-order valence-electron chi connectivity index (χ2n) is 4.55. The first-order chi connectivity index (χ1) is 7.89. The molecule has 0 heterocycles. The van der Waals surface area contributed by atoms with Crippen molar-refractivity contribution in [3.05, 3.63) is 24.3 Å². The van der Waals surface area contributed by atoms with Crippen molar-refractivity contribution in [3.63, 3.8) is 0 Å². The van der Waals surface area contributed by atoms with E-state index in [4.69, 9.17) is 0 Å². The van der Waals surface area contributed by atoms with E-state index in [1.54, 1.807) is 0 Å². The van der Waals surface area contributed by atoms with Gasteiger partial charge in [-0.2, -0.15) is 0 Å². The lowest BCUT2D eigenvalue weighted by Crippen LogP contribution is -1.95. The highest BCUT2D eigenvalue weighted by Crippen LogP contribution is 2.09. The Hall–Kier alpha value is -0.850. The lowest BCUT2D eigenvalue weighted by molar-refractivity contribution is -0.118. The molecule has 16 heavy (non-hydrogen) atoms. The molecule has 0 amide bonds. The molecule has 1 heteroatoms. The molecule has 90 valence electrons. The molecule has 0 saturated heterocycles. The van der Waals surface area contributed by atoms with Crippen LogP contribution >= 0.6 is 0 Å². The lowest BCUT2D eigenvalue weighted by Gasteiger charge is -1.96. The second kappa shape index (κ2) is 9.38. The van der Waals surface area contributed by atoms with Crippen molar-refractivity contribution in [2.45, 2.75) is 64.2 Å². The monoisotopic (exact) mass is 220 g/mol. The Morgan fingerprint density at radius 2 is 1.06 bits per heavy atom. The van der Waals surface area contributed by atoms with Crippen LogP contribution in [0.3, 0.4) is 0 Å². The number of hydrogen-bond acceptors (Lipinski definition) is 1. The van der Waals surface area contributed by atoms with Gasteiger partial charge in [-0.25, -0.2) is 0 Å². The summed E-state index contributed by atoms with van der Waals surface area (Å²) < 4.78 is 0. The molecule has 1 aliphatic rings. The molecule has 1 aliphatic carbocycles. The van der Waals surface area contributed by atoms with Gasteiger partial charge in [0.1, 0.15) is 5.78 Å². The molecule has 0 saturated carbocycles. The van der Waals surface area contributed by atoms with Crippen LogP contribution in [-0.2, 0) is 4.79 Å². The van der Waals surface area contributed by atoms with Gasteiger partial charge in [0.25, 0.3) is 0 Å². The Morgan fingerprint density at radius 1 is 0.625 bits per heavy atom. The van der Waals surface area contributed by atoms with Crippen molar-refractivity contribution in [2.24, 2.45) is 0 Å². The van der Waals surface area contributed by atoms with Crippen molar-refractivity contribution < 1.29 is 4.79 Å². The lowest BCUT2D eigenvalue weighted by atomic mass is 10.1. The van der Waals surface area contributed by atoms with Gasteiger partial charge in [0.15, 0.2) is 0 Å². The summed E-state index contributed by atoms with van der Waals surface area (Å²) >= 11 is 0. The normalized spacial score (nSPS) is 21.4. The predicted octanol–water partition coefficient (Wildman–Crippen LogP) is 4.58. The number of carbonyl (C=O) groups is 1. The van der Waals surface area contributed by atoms with Crippen LogP contribution in [0.2, 0.25) is 0 Å². The van der Waals surface area contributed by atoms with Gasteiger partial charge in [0.2, 0.25) is 0 Å². The van der Waals surface area contributed by atoms with Crippen molar-refractivity contribution >= 4 is 5.78 Å². The maximum Gasteiger partial charge on any atom is 0.133 e. The zero-order valence-corrected chi connectivity index (χ0v) is 10.3. The Balaban J connectivity index is 2.28. The van der Waals surface area contributed by atoms with E-state index in [9.17, 15) is 4.79 Å². The minimum atomic E-state index is 0.407. The summed E-state index contributed by atoms with van der Waals surface area (Å²) in [5.74, 6) is 0.407. The Morgan fingerprint density at radius 3 is 1.56 bits per heavy atom. The highest BCUT2D eigenvalue weighted by atomic mass is 16.1. The summed E-state index contributed by atoms with van der Waals surface area (Å²) in [6.07, 6.45) is 19.8. The number of hydrogen-bond donors (Lipinski definition) is 0. The molecule has 1 rings (SSSR count). The van der Waals surface area contributed by atoms with Gasteiger partial charge in [0, 0.05) is 12.8 Å². The molecule has 0 fully saturated rings. The molecule has 0 spiro atoms. The van der Waals surface area contributed by atoms with E-state index in [-0.39, 0.29) is 0 Å².